The van der Waals surface area contributed by atoms with E-state index in [1.54, 1.807) is 12.4 Å². The van der Waals surface area contributed by atoms with Crippen molar-refractivity contribution >= 4 is 0 Å². The van der Waals surface area contributed by atoms with E-state index in [1.165, 1.54) is 16.7 Å². The number of rotatable bonds is 5. The van der Waals surface area contributed by atoms with Crippen molar-refractivity contribution in [3.05, 3.63) is 84.4 Å². The molecule has 0 bridgehead atoms. The SMILES string of the molecule is CC(NC(C)c1cnccn1)c1ccc(-c2ccccc2)cc1. The lowest BCUT2D eigenvalue weighted by Crippen LogP contribution is -2.23. The molecule has 1 heterocycles. The first-order valence-electron chi connectivity index (χ1n) is 7.91. The predicted molar refractivity (Wildman–Crippen MR) is 93.9 cm³/mol. The Morgan fingerprint density at radius 2 is 1.48 bits per heavy atom. The molecular formula is C20H21N3. The molecule has 116 valence electrons. The van der Waals surface area contributed by atoms with Crippen LogP contribution < -0.4 is 5.32 Å². The zero-order chi connectivity index (χ0) is 16.1. The van der Waals surface area contributed by atoms with Crippen LogP contribution in [0, 0.1) is 0 Å². The topological polar surface area (TPSA) is 37.8 Å². The summed E-state index contributed by atoms with van der Waals surface area (Å²) >= 11 is 0. The number of benzene rings is 2. The van der Waals surface area contributed by atoms with Gasteiger partial charge in [0.05, 0.1) is 5.69 Å². The molecule has 23 heavy (non-hydrogen) atoms. The van der Waals surface area contributed by atoms with Crippen molar-refractivity contribution in [2.45, 2.75) is 25.9 Å². The van der Waals surface area contributed by atoms with Gasteiger partial charge in [-0.1, -0.05) is 54.6 Å². The van der Waals surface area contributed by atoms with Crippen molar-refractivity contribution in [3.8, 4) is 11.1 Å². The zero-order valence-corrected chi connectivity index (χ0v) is 13.5. The summed E-state index contributed by atoms with van der Waals surface area (Å²) in [4.78, 5) is 8.48. The molecule has 0 spiro atoms. The van der Waals surface area contributed by atoms with Crippen molar-refractivity contribution in [2.75, 3.05) is 0 Å². The highest BCUT2D eigenvalue weighted by Gasteiger charge is 2.12. The number of hydrogen-bond donors (Lipinski definition) is 1. The Morgan fingerprint density at radius 1 is 0.783 bits per heavy atom. The summed E-state index contributed by atoms with van der Waals surface area (Å²) in [6.07, 6.45) is 5.23. The van der Waals surface area contributed by atoms with Gasteiger partial charge in [0.25, 0.3) is 0 Å². The molecule has 0 saturated heterocycles. The van der Waals surface area contributed by atoms with Gasteiger partial charge in [0.1, 0.15) is 0 Å². The van der Waals surface area contributed by atoms with E-state index in [1.807, 2.05) is 12.3 Å². The van der Waals surface area contributed by atoms with Crippen LogP contribution in [0.25, 0.3) is 11.1 Å². The number of nitrogens with one attached hydrogen (secondary N) is 1. The van der Waals surface area contributed by atoms with Crippen LogP contribution in [0.3, 0.4) is 0 Å². The minimum atomic E-state index is 0.160. The Kier molecular flexibility index (Phi) is 4.79. The smallest absolute Gasteiger partial charge is 0.0753 e. The Hall–Kier alpha value is -2.52. The maximum atomic E-state index is 4.35. The van der Waals surface area contributed by atoms with Crippen LogP contribution in [-0.2, 0) is 0 Å². The van der Waals surface area contributed by atoms with Gasteiger partial charge in [-0.3, -0.25) is 9.97 Å². The van der Waals surface area contributed by atoms with Gasteiger partial charge in [-0.05, 0) is 30.5 Å². The lowest BCUT2D eigenvalue weighted by Gasteiger charge is -2.20. The molecule has 2 unspecified atom stereocenters. The van der Waals surface area contributed by atoms with Crippen molar-refractivity contribution in [1.82, 2.24) is 15.3 Å². The van der Waals surface area contributed by atoms with Crippen LogP contribution in [0.2, 0.25) is 0 Å². The molecule has 3 heteroatoms. The van der Waals surface area contributed by atoms with Crippen molar-refractivity contribution in [3.63, 3.8) is 0 Å². The molecule has 1 N–H and O–H groups in total. The highest BCUT2D eigenvalue weighted by atomic mass is 15.0. The summed E-state index contributed by atoms with van der Waals surface area (Å²) in [5, 5.41) is 3.57. The van der Waals surface area contributed by atoms with E-state index in [0.717, 1.165) is 5.69 Å². The molecule has 0 amide bonds. The molecule has 0 radical (unpaired) electrons. The number of aromatic nitrogens is 2. The van der Waals surface area contributed by atoms with Crippen LogP contribution in [0.5, 0.6) is 0 Å². The van der Waals surface area contributed by atoms with Crippen molar-refractivity contribution in [2.24, 2.45) is 0 Å². The Labute approximate surface area is 137 Å². The van der Waals surface area contributed by atoms with Gasteiger partial charge < -0.3 is 5.32 Å². The molecule has 0 saturated carbocycles. The third-order valence-electron chi connectivity index (χ3n) is 4.04. The fraction of sp³-hybridized carbons (Fsp3) is 0.200. The quantitative estimate of drug-likeness (QED) is 0.751. The molecule has 2 atom stereocenters. The highest BCUT2D eigenvalue weighted by Crippen LogP contribution is 2.23. The van der Waals surface area contributed by atoms with E-state index < -0.39 is 0 Å². The third kappa shape index (κ3) is 3.82. The van der Waals surface area contributed by atoms with Crippen molar-refractivity contribution in [1.29, 1.82) is 0 Å². The predicted octanol–water partition coefficient (Wildman–Crippen LogP) is 4.56. The van der Waals surface area contributed by atoms with Crippen molar-refractivity contribution < 1.29 is 0 Å². The Balaban J connectivity index is 1.69. The molecule has 3 rings (SSSR count). The fourth-order valence-corrected chi connectivity index (χ4v) is 2.69. The summed E-state index contributed by atoms with van der Waals surface area (Å²) in [5.74, 6) is 0. The van der Waals surface area contributed by atoms with Crippen LogP contribution >= 0.6 is 0 Å². The second kappa shape index (κ2) is 7.16. The van der Waals surface area contributed by atoms with E-state index in [9.17, 15) is 0 Å². The van der Waals surface area contributed by atoms with Gasteiger partial charge in [-0.15, -0.1) is 0 Å². The molecule has 0 fully saturated rings. The summed E-state index contributed by atoms with van der Waals surface area (Å²) in [6.45, 7) is 4.28. The second-order valence-electron chi connectivity index (χ2n) is 5.73. The standard InChI is InChI=1S/C20H21N3/c1-15(23-16(2)20-14-21-12-13-22-20)17-8-10-19(11-9-17)18-6-4-3-5-7-18/h3-16,23H,1-2H3. The van der Waals surface area contributed by atoms with E-state index >= 15 is 0 Å². The lowest BCUT2D eigenvalue weighted by atomic mass is 10.0. The molecule has 1 aromatic heterocycles. The van der Waals surface area contributed by atoms with Crippen LogP contribution in [0.15, 0.2) is 73.2 Å². The molecule has 3 aromatic rings. The highest BCUT2D eigenvalue weighted by molar-refractivity contribution is 5.63. The van der Waals surface area contributed by atoms with E-state index in [2.05, 4.69) is 77.7 Å². The zero-order valence-electron chi connectivity index (χ0n) is 13.5. The summed E-state index contributed by atoms with van der Waals surface area (Å²) in [7, 11) is 0. The maximum Gasteiger partial charge on any atom is 0.0753 e. The van der Waals surface area contributed by atoms with Gasteiger partial charge >= 0.3 is 0 Å². The van der Waals surface area contributed by atoms with Gasteiger partial charge in [0.2, 0.25) is 0 Å². The van der Waals surface area contributed by atoms with E-state index in [0.29, 0.717) is 0 Å². The molecule has 0 aliphatic heterocycles. The summed E-state index contributed by atoms with van der Waals surface area (Å²) in [5.41, 5.74) is 4.71. The van der Waals surface area contributed by atoms with Crippen LogP contribution in [-0.4, -0.2) is 9.97 Å². The van der Waals surface area contributed by atoms with Gasteiger partial charge in [0.15, 0.2) is 0 Å². The van der Waals surface area contributed by atoms with E-state index in [4.69, 9.17) is 0 Å². The Morgan fingerprint density at radius 3 is 2.13 bits per heavy atom. The normalized spacial score (nSPS) is 13.5. The average molecular weight is 303 g/mol. The minimum absolute atomic E-state index is 0.160. The maximum absolute atomic E-state index is 4.35. The van der Waals surface area contributed by atoms with Crippen LogP contribution in [0.4, 0.5) is 0 Å². The third-order valence-corrected chi connectivity index (χ3v) is 4.04. The molecular weight excluding hydrogens is 282 g/mol. The first-order valence-corrected chi connectivity index (χ1v) is 7.91. The molecule has 0 aliphatic rings. The first-order chi connectivity index (χ1) is 11.2. The average Bonchev–Trinajstić information content (AvgIpc) is 2.63. The molecule has 2 aromatic carbocycles. The van der Waals surface area contributed by atoms with Gasteiger partial charge in [-0.2, -0.15) is 0 Å². The van der Waals surface area contributed by atoms with Crippen LogP contribution in [0.1, 0.15) is 37.2 Å². The first kappa shape index (κ1) is 15.4. The molecule has 0 aliphatic carbocycles. The number of hydrogen-bond acceptors (Lipinski definition) is 3. The largest absolute Gasteiger partial charge is 0.302 e. The van der Waals surface area contributed by atoms with Gasteiger partial charge in [-0.25, -0.2) is 0 Å². The summed E-state index contributed by atoms with van der Waals surface area (Å²) in [6, 6.07) is 19.6. The monoisotopic (exact) mass is 303 g/mol. The second-order valence-corrected chi connectivity index (χ2v) is 5.73. The van der Waals surface area contributed by atoms with E-state index in [-0.39, 0.29) is 12.1 Å². The fourth-order valence-electron chi connectivity index (χ4n) is 2.69. The number of nitrogens with zero attached hydrogens (tertiary/aromatic N) is 2. The Bertz CT molecular complexity index is 724. The van der Waals surface area contributed by atoms with Gasteiger partial charge in [0, 0.05) is 30.7 Å². The summed E-state index contributed by atoms with van der Waals surface area (Å²) < 4.78 is 0. The molecule has 3 nitrogen and oxygen atoms in total. The minimum Gasteiger partial charge on any atom is -0.302 e. The lowest BCUT2D eigenvalue weighted by molar-refractivity contribution is 0.485.